The summed E-state index contributed by atoms with van der Waals surface area (Å²) in [6.45, 7) is 0. The van der Waals surface area contributed by atoms with Gasteiger partial charge in [0.05, 0.1) is 0 Å². The summed E-state index contributed by atoms with van der Waals surface area (Å²) in [5, 5.41) is 6.84. The van der Waals surface area contributed by atoms with E-state index in [0.29, 0.717) is 17.5 Å². The van der Waals surface area contributed by atoms with Crippen LogP contribution in [0.25, 0.3) is 99.9 Å². The lowest BCUT2D eigenvalue weighted by molar-refractivity contribution is 0.670. The van der Waals surface area contributed by atoms with Crippen molar-refractivity contribution >= 4 is 43.5 Å². The third-order valence-corrected chi connectivity index (χ3v) is 9.75. The number of nitrogens with zero attached hydrogens (tertiary/aromatic N) is 3. The first kappa shape index (κ1) is 29.0. The fourth-order valence-electron chi connectivity index (χ4n) is 7.32. The predicted octanol–water partition coefficient (Wildman–Crippen LogP) is 12.4. The number of fused-ring (bicyclic) bond motifs is 5. The molecule has 0 aliphatic rings. The molecule has 0 N–H and O–H groups in total. The topological polar surface area (TPSA) is 51.8 Å². The first-order chi connectivity index (χ1) is 25.3. The Morgan fingerprint density at radius 1 is 0.314 bits per heavy atom. The van der Waals surface area contributed by atoms with Crippen molar-refractivity contribution in [2.45, 2.75) is 0 Å². The van der Waals surface area contributed by atoms with Gasteiger partial charge >= 0.3 is 0 Å². The molecule has 0 aliphatic heterocycles. The Morgan fingerprint density at radius 2 is 0.804 bits per heavy atom. The zero-order valence-corrected chi connectivity index (χ0v) is 27.5. The van der Waals surface area contributed by atoms with Crippen LogP contribution in [0.4, 0.5) is 0 Å². The SMILES string of the molecule is c1ccc(-c2nc(-c3ccc(-c4cccc5ccccc45)cc3)nc(-c3cccc4oc5c(-c6cccc7ccccc67)cccc5c34)n2)cc1. The Labute approximate surface area is 294 Å². The van der Waals surface area contributed by atoms with Crippen LogP contribution in [0.1, 0.15) is 0 Å². The lowest BCUT2D eigenvalue weighted by Crippen LogP contribution is -2.00. The van der Waals surface area contributed by atoms with E-state index < -0.39 is 0 Å². The average molecular weight is 652 g/mol. The van der Waals surface area contributed by atoms with Gasteiger partial charge in [0.1, 0.15) is 11.2 Å². The molecule has 238 valence electrons. The molecule has 4 heteroatoms. The second-order valence-electron chi connectivity index (χ2n) is 12.8. The molecule has 0 atom stereocenters. The normalized spacial score (nSPS) is 11.5. The molecule has 2 aromatic heterocycles. The Morgan fingerprint density at radius 3 is 1.55 bits per heavy atom. The second-order valence-corrected chi connectivity index (χ2v) is 12.8. The fourth-order valence-corrected chi connectivity index (χ4v) is 7.32. The van der Waals surface area contributed by atoms with E-state index >= 15 is 0 Å². The summed E-state index contributed by atoms with van der Waals surface area (Å²) in [6.07, 6.45) is 0. The smallest absolute Gasteiger partial charge is 0.164 e. The molecule has 2 heterocycles. The van der Waals surface area contributed by atoms with Crippen molar-refractivity contribution in [3.8, 4) is 56.4 Å². The van der Waals surface area contributed by atoms with Gasteiger partial charge < -0.3 is 4.42 Å². The van der Waals surface area contributed by atoms with Gasteiger partial charge in [0.15, 0.2) is 17.5 Å². The Kier molecular flexibility index (Phi) is 6.78. The van der Waals surface area contributed by atoms with E-state index in [1.54, 1.807) is 0 Å². The number of benzene rings is 8. The lowest BCUT2D eigenvalue weighted by Gasteiger charge is -2.11. The van der Waals surface area contributed by atoms with E-state index in [-0.39, 0.29) is 0 Å². The Balaban J connectivity index is 1.15. The molecular formula is C47H29N3O. The summed E-state index contributed by atoms with van der Waals surface area (Å²) in [6, 6.07) is 61.0. The summed E-state index contributed by atoms with van der Waals surface area (Å²) in [4.78, 5) is 15.3. The maximum absolute atomic E-state index is 6.69. The zero-order chi connectivity index (χ0) is 33.7. The monoisotopic (exact) mass is 651 g/mol. The van der Waals surface area contributed by atoms with Crippen molar-refractivity contribution < 1.29 is 4.42 Å². The summed E-state index contributed by atoms with van der Waals surface area (Å²) < 4.78 is 6.69. The molecule has 0 radical (unpaired) electrons. The van der Waals surface area contributed by atoms with Gasteiger partial charge in [-0.3, -0.25) is 0 Å². The Bertz CT molecular complexity index is 2900. The van der Waals surface area contributed by atoms with Gasteiger partial charge in [-0.1, -0.05) is 170 Å². The highest BCUT2D eigenvalue weighted by molar-refractivity contribution is 6.16. The van der Waals surface area contributed by atoms with E-state index in [1.807, 2.05) is 42.5 Å². The van der Waals surface area contributed by atoms with Crippen LogP contribution in [0.3, 0.4) is 0 Å². The second kappa shape index (κ2) is 11.9. The van der Waals surface area contributed by atoms with Crippen molar-refractivity contribution in [2.75, 3.05) is 0 Å². The minimum absolute atomic E-state index is 0.598. The number of para-hydroxylation sites is 1. The highest BCUT2D eigenvalue weighted by Gasteiger charge is 2.20. The van der Waals surface area contributed by atoms with Gasteiger partial charge in [0.2, 0.25) is 0 Å². The molecule has 0 saturated carbocycles. The Hall–Kier alpha value is -6.91. The van der Waals surface area contributed by atoms with Crippen LogP contribution in [-0.2, 0) is 0 Å². The number of hydrogen-bond donors (Lipinski definition) is 0. The highest BCUT2D eigenvalue weighted by Crippen LogP contribution is 2.42. The molecule has 0 fully saturated rings. The van der Waals surface area contributed by atoms with E-state index in [0.717, 1.165) is 55.3 Å². The average Bonchev–Trinajstić information content (AvgIpc) is 3.60. The van der Waals surface area contributed by atoms with Crippen molar-refractivity contribution in [1.29, 1.82) is 0 Å². The molecule has 0 bridgehead atoms. The van der Waals surface area contributed by atoms with Crippen LogP contribution in [0.15, 0.2) is 180 Å². The van der Waals surface area contributed by atoms with E-state index in [4.69, 9.17) is 19.4 Å². The van der Waals surface area contributed by atoms with Crippen LogP contribution in [0.2, 0.25) is 0 Å². The van der Waals surface area contributed by atoms with Crippen LogP contribution in [-0.4, -0.2) is 15.0 Å². The van der Waals surface area contributed by atoms with Crippen molar-refractivity contribution in [2.24, 2.45) is 0 Å². The summed E-state index contributed by atoms with van der Waals surface area (Å²) in [7, 11) is 0. The van der Waals surface area contributed by atoms with Gasteiger partial charge in [-0.25, -0.2) is 15.0 Å². The van der Waals surface area contributed by atoms with Gasteiger partial charge in [-0.2, -0.15) is 0 Å². The number of furan rings is 1. The summed E-state index contributed by atoms with van der Waals surface area (Å²) >= 11 is 0. The van der Waals surface area contributed by atoms with Crippen molar-refractivity contribution in [3.63, 3.8) is 0 Å². The third-order valence-electron chi connectivity index (χ3n) is 9.75. The van der Waals surface area contributed by atoms with Crippen LogP contribution in [0, 0.1) is 0 Å². The third kappa shape index (κ3) is 4.96. The minimum Gasteiger partial charge on any atom is -0.455 e. The first-order valence-electron chi connectivity index (χ1n) is 17.1. The molecule has 10 rings (SSSR count). The molecule has 0 saturated heterocycles. The lowest BCUT2D eigenvalue weighted by atomic mass is 9.96. The molecule has 8 aromatic carbocycles. The molecule has 0 unspecified atom stereocenters. The first-order valence-corrected chi connectivity index (χ1v) is 17.1. The van der Waals surface area contributed by atoms with Crippen LogP contribution in [0.5, 0.6) is 0 Å². The van der Waals surface area contributed by atoms with Gasteiger partial charge in [-0.05, 0) is 44.3 Å². The van der Waals surface area contributed by atoms with Gasteiger partial charge in [-0.15, -0.1) is 0 Å². The maximum atomic E-state index is 6.69. The molecule has 4 nitrogen and oxygen atoms in total. The standard InChI is InChI=1S/C47H29N3O/c1-2-14-33(15-3-1)45-48-46(34-28-26-32(27-29-34)36-20-8-16-30-12-4-6-18-35(30)36)50-47(49-45)41-24-11-25-42-43(41)40-23-10-22-39(44(40)51-42)38-21-9-17-31-13-5-7-19-37(31)38/h1-29H. The van der Waals surface area contributed by atoms with E-state index in [2.05, 4.69) is 133 Å². The number of aromatic nitrogens is 3. The van der Waals surface area contributed by atoms with Crippen LogP contribution >= 0.6 is 0 Å². The van der Waals surface area contributed by atoms with Gasteiger partial charge in [0.25, 0.3) is 0 Å². The van der Waals surface area contributed by atoms with E-state index in [9.17, 15) is 0 Å². The quantitative estimate of drug-likeness (QED) is 0.186. The largest absolute Gasteiger partial charge is 0.455 e. The number of hydrogen-bond acceptors (Lipinski definition) is 4. The highest BCUT2D eigenvalue weighted by atomic mass is 16.3. The molecule has 0 amide bonds. The molecular weight excluding hydrogens is 623 g/mol. The van der Waals surface area contributed by atoms with Crippen molar-refractivity contribution in [3.05, 3.63) is 176 Å². The zero-order valence-electron chi connectivity index (χ0n) is 27.5. The van der Waals surface area contributed by atoms with Crippen molar-refractivity contribution in [1.82, 2.24) is 15.0 Å². The molecule has 0 spiro atoms. The number of rotatable bonds is 5. The minimum atomic E-state index is 0.598. The van der Waals surface area contributed by atoms with E-state index in [1.165, 1.54) is 27.1 Å². The molecule has 0 aliphatic carbocycles. The molecule has 51 heavy (non-hydrogen) atoms. The summed E-state index contributed by atoms with van der Waals surface area (Å²) in [5.74, 6) is 1.83. The maximum Gasteiger partial charge on any atom is 0.164 e. The predicted molar refractivity (Wildman–Crippen MR) is 209 cm³/mol. The van der Waals surface area contributed by atoms with Crippen LogP contribution < -0.4 is 0 Å². The fraction of sp³-hybridized carbons (Fsp3) is 0. The molecule has 10 aromatic rings. The van der Waals surface area contributed by atoms with Gasteiger partial charge in [0, 0.05) is 33.0 Å². The summed E-state index contributed by atoms with van der Waals surface area (Å²) in [5.41, 5.74) is 8.91.